The number of carbonyl (C=O) groups is 1. The van der Waals surface area contributed by atoms with Gasteiger partial charge in [-0.15, -0.1) is 0 Å². The number of hydrogen-bond donors (Lipinski definition) is 2. The summed E-state index contributed by atoms with van der Waals surface area (Å²) in [5, 5.41) is 13.6. The number of amides is 1. The standard InChI is InChI=1S/C13H17N3O3/c1-8-2-5-11(7-12(8)16(18)19)15-13(17)9-3-4-10(14)6-9/h2,5,7,9-10H,3-4,6,14H2,1H3,(H,15,17). The van der Waals surface area contributed by atoms with E-state index in [1.165, 1.54) is 6.07 Å². The molecule has 0 aromatic heterocycles. The number of nitrogens with two attached hydrogens (primary N) is 1. The molecule has 1 fully saturated rings. The number of nitro groups is 1. The van der Waals surface area contributed by atoms with Crippen LogP contribution in [-0.4, -0.2) is 16.9 Å². The van der Waals surface area contributed by atoms with Gasteiger partial charge < -0.3 is 11.1 Å². The van der Waals surface area contributed by atoms with Gasteiger partial charge in [0.15, 0.2) is 0 Å². The first-order chi connectivity index (χ1) is 8.97. The van der Waals surface area contributed by atoms with Crippen molar-refractivity contribution in [3.05, 3.63) is 33.9 Å². The van der Waals surface area contributed by atoms with Crippen LogP contribution in [0.4, 0.5) is 11.4 Å². The maximum Gasteiger partial charge on any atom is 0.274 e. The zero-order chi connectivity index (χ0) is 14.0. The molecule has 1 aromatic carbocycles. The Labute approximate surface area is 111 Å². The van der Waals surface area contributed by atoms with Crippen molar-refractivity contribution in [3.63, 3.8) is 0 Å². The third-order valence-electron chi connectivity index (χ3n) is 3.52. The molecular weight excluding hydrogens is 246 g/mol. The molecule has 1 saturated carbocycles. The van der Waals surface area contributed by atoms with Gasteiger partial charge in [-0.05, 0) is 32.3 Å². The zero-order valence-corrected chi connectivity index (χ0v) is 10.8. The van der Waals surface area contributed by atoms with Crippen LogP contribution in [0.3, 0.4) is 0 Å². The average Bonchev–Trinajstić information content (AvgIpc) is 2.78. The monoisotopic (exact) mass is 263 g/mol. The second-order valence-corrected chi connectivity index (χ2v) is 5.02. The predicted octanol–water partition coefficient (Wildman–Crippen LogP) is 1.97. The second kappa shape index (κ2) is 5.36. The highest BCUT2D eigenvalue weighted by atomic mass is 16.6. The second-order valence-electron chi connectivity index (χ2n) is 5.02. The molecule has 6 heteroatoms. The number of nitrogens with one attached hydrogen (secondary N) is 1. The Hall–Kier alpha value is -1.95. The van der Waals surface area contributed by atoms with Gasteiger partial charge in [-0.1, -0.05) is 6.07 Å². The Morgan fingerprint density at radius 3 is 2.79 bits per heavy atom. The lowest BCUT2D eigenvalue weighted by molar-refractivity contribution is -0.385. The molecule has 2 unspecified atom stereocenters. The van der Waals surface area contributed by atoms with Crippen molar-refractivity contribution in [2.45, 2.75) is 32.2 Å². The lowest BCUT2D eigenvalue weighted by atomic mass is 10.1. The highest BCUT2D eigenvalue weighted by Crippen LogP contribution is 2.27. The summed E-state index contributed by atoms with van der Waals surface area (Å²) in [6.45, 7) is 1.67. The minimum atomic E-state index is -0.448. The lowest BCUT2D eigenvalue weighted by Crippen LogP contribution is -2.23. The van der Waals surface area contributed by atoms with Crippen LogP contribution < -0.4 is 11.1 Å². The fourth-order valence-corrected chi connectivity index (χ4v) is 2.38. The topological polar surface area (TPSA) is 98.3 Å². The van der Waals surface area contributed by atoms with Crippen LogP contribution in [0.25, 0.3) is 0 Å². The number of carbonyl (C=O) groups excluding carboxylic acids is 1. The first-order valence-corrected chi connectivity index (χ1v) is 6.29. The average molecular weight is 263 g/mol. The molecule has 1 aliphatic rings. The molecule has 6 nitrogen and oxygen atoms in total. The Bertz CT molecular complexity index is 516. The molecule has 1 aliphatic carbocycles. The Morgan fingerprint density at radius 2 is 2.21 bits per heavy atom. The number of benzene rings is 1. The molecular formula is C13H17N3O3. The van der Waals surface area contributed by atoms with E-state index in [1.807, 2.05) is 0 Å². The molecule has 19 heavy (non-hydrogen) atoms. The summed E-state index contributed by atoms with van der Waals surface area (Å²) in [7, 11) is 0. The quantitative estimate of drug-likeness (QED) is 0.643. The molecule has 0 saturated heterocycles. The van der Waals surface area contributed by atoms with Gasteiger partial charge in [0, 0.05) is 29.3 Å². The van der Waals surface area contributed by atoms with Crippen LogP contribution in [0.15, 0.2) is 18.2 Å². The first-order valence-electron chi connectivity index (χ1n) is 6.29. The zero-order valence-electron chi connectivity index (χ0n) is 10.8. The molecule has 1 amide bonds. The fraction of sp³-hybridized carbons (Fsp3) is 0.462. The van der Waals surface area contributed by atoms with Crippen LogP contribution in [0, 0.1) is 23.0 Å². The summed E-state index contributed by atoms with van der Waals surface area (Å²) in [4.78, 5) is 22.4. The number of nitro benzene ring substituents is 1. The summed E-state index contributed by atoms with van der Waals surface area (Å²) >= 11 is 0. The number of anilines is 1. The maximum absolute atomic E-state index is 12.0. The molecule has 0 aliphatic heterocycles. The van der Waals surface area contributed by atoms with Crippen molar-refractivity contribution >= 4 is 17.3 Å². The van der Waals surface area contributed by atoms with Gasteiger partial charge in [0.2, 0.25) is 5.91 Å². The number of hydrogen-bond acceptors (Lipinski definition) is 4. The molecule has 1 aromatic rings. The van der Waals surface area contributed by atoms with Crippen molar-refractivity contribution in [2.24, 2.45) is 11.7 Å². The van der Waals surface area contributed by atoms with Crippen molar-refractivity contribution in [2.75, 3.05) is 5.32 Å². The smallest absolute Gasteiger partial charge is 0.274 e. The largest absolute Gasteiger partial charge is 0.328 e. The third kappa shape index (κ3) is 3.08. The summed E-state index contributed by atoms with van der Waals surface area (Å²) in [6.07, 6.45) is 2.31. The highest BCUT2D eigenvalue weighted by molar-refractivity contribution is 5.93. The van der Waals surface area contributed by atoms with Crippen LogP contribution in [0.5, 0.6) is 0 Å². The number of nitrogens with zero attached hydrogens (tertiary/aromatic N) is 1. The lowest BCUT2D eigenvalue weighted by Gasteiger charge is -2.11. The van der Waals surface area contributed by atoms with E-state index >= 15 is 0 Å². The van der Waals surface area contributed by atoms with Crippen LogP contribution in [0.1, 0.15) is 24.8 Å². The normalized spacial score (nSPS) is 22.2. The summed E-state index contributed by atoms with van der Waals surface area (Å²) < 4.78 is 0. The van der Waals surface area contributed by atoms with Gasteiger partial charge in [-0.3, -0.25) is 14.9 Å². The summed E-state index contributed by atoms with van der Waals surface area (Å²) in [6, 6.07) is 4.79. The predicted molar refractivity (Wildman–Crippen MR) is 71.8 cm³/mol. The molecule has 2 rings (SSSR count). The Morgan fingerprint density at radius 1 is 1.47 bits per heavy atom. The molecule has 2 atom stereocenters. The van der Waals surface area contributed by atoms with E-state index in [4.69, 9.17) is 5.73 Å². The van der Waals surface area contributed by atoms with Crippen LogP contribution in [0.2, 0.25) is 0 Å². The maximum atomic E-state index is 12.0. The van der Waals surface area contributed by atoms with Gasteiger partial charge >= 0.3 is 0 Å². The van der Waals surface area contributed by atoms with Crippen LogP contribution >= 0.6 is 0 Å². The van der Waals surface area contributed by atoms with Gasteiger partial charge in [-0.25, -0.2) is 0 Å². The van der Waals surface area contributed by atoms with E-state index in [-0.39, 0.29) is 23.6 Å². The SMILES string of the molecule is Cc1ccc(NC(=O)C2CCC(N)C2)cc1[N+](=O)[O-]. The van der Waals surface area contributed by atoms with E-state index < -0.39 is 4.92 Å². The van der Waals surface area contributed by atoms with Gasteiger partial charge in [0.05, 0.1) is 4.92 Å². The van der Waals surface area contributed by atoms with E-state index in [9.17, 15) is 14.9 Å². The molecule has 0 bridgehead atoms. The van der Waals surface area contributed by atoms with Gasteiger partial charge in [0.1, 0.15) is 0 Å². The number of rotatable bonds is 3. The van der Waals surface area contributed by atoms with Crippen molar-refractivity contribution < 1.29 is 9.72 Å². The minimum absolute atomic E-state index is 0.0147. The highest BCUT2D eigenvalue weighted by Gasteiger charge is 2.28. The molecule has 3 N–H and O–H groups in total. The van der Waals surface area contributed by atoms with E-state index in [0.717, 1.165) is 12.8 Å². The van der Waals surface area contributed by atoms with Gasteiger partial charge in [0.25, 0.3) is 5.69 Å². The first kappa shape index (κ1) is 13.5. The molecule has 0 radical (unpaired) electrons. The number of aryl methyl sites for hydroxylation is 1. The van der Waals surface area contributed by atoms with E-state index in [1.54, 1.807) is 19.1 Å². The van der Waals surface area contributed by atoms with Crippen LogP contribution in [-0.2, 0) is 4.79 Å². The molecule has 102 valence electrons. The van der Waals surface area contributed by atoms with Crippen molar-refractivity contribution in [1.29, 1.82) is 0 Å². The Kier molecular flexibility index (Phi) is 3.80. The minimum Gasteiger partial charge on any atom is -0.328 e. The molecule has 0 heterocycles. The van der Waals surface area contributed by atoms with Crippen molar-refractivity contribution in [3.8, 4) is 0 Å². The summed E-state index contributed by atoms with van der Waals surface area (Å²) in [5.74, 6) is -0.193. The fourth-order valence-electron chi connectivity index (χ4n) is 2.38. The Balaban J connectivity index is 2.09. The van der Waals surface area contributed by atoms with E-state index in [2.05, 4.69) is 5.32 Å². The van der Waals surface area contributed by atoms with Gasteiger partial charge in [-0.2, -0.15) is 0 Å². The third-order valence-corrected chi connectivity index (χ3v) is 3.52. The van der Waals surface area contributed by atoms with E-state index in [0.29, 0.717) is 17.7 Å². The summed E-state index contributed by atoms with van der Waals surface area (Å²) in [5.41, 5.74) is 6.82. The molecule has 0 spiro atoms. The van der Waals surface area contributed by atoms with Crippen molar-refractivity contribution in [1.82, 2.24) is 0 Å².